The van der Waals surface area contributed by atoms with Crippen molar-refractivity contribution in [3.05, 3.63) is 41.0 Å². The van der Waals surface area contributed by atoms with Crippen LogP contribution < -0.4 is 0 Å². The van der Waals surface area contributed by atoms with Gasteiger partial charge in [0.2, 0.25) is 0 Å². The number of fused-ring (bicyclic) bond motifs is 1. The summed E-state index contributed by atoms with van der Waals surface area (Å²) in [5, 5.41) is 13.5. The summed E-state index contributed by atoms with van der Waals surface area (Å²) in [4.78, 5) is 11.7. The summed E-state index contributed by atoms with van der Waals surface area (Å²) in [7, 11) is 0. The van der Waals surface area contributed by atoms with Crippen molar-refractivity contribution in [2.75, 3.05) is 0 Å². The van der Waals surface area contributed by atoms with Crippen LogP contribution in [0.1, 0.15) is 34.0 Å². The summed E-state index contributed by atoms with van der Waals surface area (Å²) in [6.07, 6.45) is 5.71. The first-order valence-corrected chi connectivity index (χ1v) is 7.18. The lowest BCUT2D eigenvalue weighted by Gasteiger charge is -2.04. The quantitative estimate of drug-likeness (QED) is 0.803. The molecule has 6 heteroatoms. The Hall–Kier alpha value is -2.21. The van der Waals surface area contributed by atoms with E-state index in [0.717, 1.165) is 46.7 Å². The van der Waals surface area contributed by atoms with Gasteiger partial charge in [0.25, 0.3) is 0 Å². The van der Waals surface area contributed by atoms with Gasteiger partial charge in [0.1, 0.15) is 4.88 Å². The second-order valence-electron chi connectivity index (χ2n) is 4.94. The molecule has 3 aromatic heterocycles. The molecule has 1 aliphatic carbocycles. The Morgan fingerprint density at radius 2 is 2.25 bits per heavy atom. The zero-order valence-electron chi connectivity index (χ0n) is 10.5. The van der Waals surface area contributed by atoms with Crippen molar-refractivity contribution in [3.8, 4) is 11.3 Å². The molecule has 0 radical (unpaired) electrons. The van der Waals surface area contributed by atoms with Gasteiger partial charge >= 0.3 is 5.97 Å². The third-order valence-corrected chi connectivity index (χ3v) is 4.45. The van der Waals surface area contributed by atoms with E-state index in [4.69, 9.17) is 0 Å². The van der Waals surface area contributed by atoms with E-state index in [1.807, 2.05) is 24.4 Å². The lowest BCUT2D eigenvalue weighted by molar-refractivity contribution is 0.0701. The van der Waals surface area contributed by atoms with Crippen molar-refractivity contribution in [1.29, 1.82) is 0 Å². The predicted octanol–water partition coefficient (Wildman–Crippen LogP) is 3.03. The summed E-state index contributed by atoms with van der Waals surface area (Å²) in [5.41, 5.74) is 3.62. The van der Waals surface area contributed by atoms with E-state index in [2.05, 4.69) is 9.47 Å². The smallest absolute Gasteiger partial charge is 0.347 e. The van der Waals surface area contributed by atoms with Crippen LogP contribution in [0.3, 0.4) is 0 Å². The molecule has 0 aliphatic heterocycles. The van der Waals surface area contributed by atoms with Gasteiger partial charge in [-0.25, -0.2) is 9.31 Å². The molecule has 0 unspecified atom stereocenters. The Morgan fingerprint density at radius 1 is 1.40 bits per heavy atom. The number of nitrogens with zero attached hydrogens (tertiary/aromatic N) is 3. The van der Waals surface area contributed by atoms with Gasteiger partial charge in [0.05, 0.1) is 17.4 Å². The zero-order chi connectivity index (χ0) is 13.7. The van der Waals surface area contributed by atoms with E-state index in [9.17, 15) is 9.90 Å². The van der Waals surface area contributed by atoms with Crippen LogP contribution >= 0.6 is 11.5 Å². The maximum Gasteiger partial charge on any atom is 0.347 e. The molecule has 1 fully saturated rings. The molecule has 1 aliphatic rings. The van der Waals surface area contributed by atoms with E-state index in [-0.39, 0.29) is 0 Å². The summed E-state index contributed by atoms with van der Waals surface area (Å²) < 4.78 is 6.20. The van der Waals surface area contributed by atoms with Crippen LogP contribution in [0.5, 0.6) is 0 Å². The van der Waals surface area contributed by atoms with Gasteiger partial charge in [0.15, 0.2) is 0 Å². The molecule has 0 saturated heterocycles. The van der Waals surface area contributed by atoms with E-state index in [1.165, 1.54) is 0 Å². The van der Waals surface area contributed by atoms with E-state index in [1.54, 1.807) is 10.7 Å². The number of carboxylic acids is 1. The second kappa shape index (κ2) is 4.14. The summed E-state index contributed by atoms with van der Waals surface area (Å²) in [6.45, 7) is 0. The standard InChI is InChI=1S/C14H11N3O2S/c18-14(19)13-11(8-3-4-8)12(16-20-13)9-2-1-7-17-10(9)5-6-15-17/h1-2,5-8H,3-4H2,(H,18,19). The lowest BCUT2D eigenvalue weighted by atomic mass is 10.0. The topological polar surface area (TPSA) is 67.5 Å². The van der Waals surface area contributed by atoms with Gasteiger partial charge in [-0.2, -0.15) is 9.47 Å². The highest BCUT2D eigenvalue weighted by molar-refractivity contribution is 7.08. The van der Waals surface area contributed by atoms with Gasteiger partial charge in [-0.05, 0) is 48.5 Å². The number of rotatable bonds is 3. The SMILES string of the molecule is O=C(O)c1snc(-c2cccn3nccc23)c1C1CC1. The maximum absolute atomic E-state index is 11.4. The Bertz CT molecular complexity index is 817. The predicted molar refractivity (Wildman–Crippen MR) is 75.2 cm³/mol. The molecule has 0 atom stereocenters. The molecule has 1 N–H and O–H groups in total. The van der Waals surface area contributed by atoms with Crippen molar-refractivity contribution < 1.29 is 9.90 Å². The summed E-state index contributed by atoms with van der Waals surface area (Å²) in [6, 6.07) is 5.81. The largest absolute Gasteiger partial charge is 0.477 e. The summed E-state index contributed by atoms with van der Waals surface area (Å²) in [5.74, 6) is -0.533. The fraction of sp³-hybridized carbons (Fsp3) is 0.214. The van der Waals surface area contributed by atoms with Crippen LogP contribution in [-0.4, -0.2) is 25.1 Å². The fourth-order valence-electron chi connectivity index (χ4n) is 2.55. The average molecular weight is 285 g/mol. The molecule has 1 saturated carbocycles. The molecule has 100 valence electrons. The highest BCUT2D eigenvalue weighted by Gasteiger charge is 2.34. The first kappa shape index (κ1) is 11.6. The Kier molecular flexibility index (Phi) is 2.40. The van der Waals surface area contributed by atoms with Crippen LogP contribution in [0, 0.1) is 0 Å². The Morgan fingerprint density at radius 3 is 3.00 bits per heavy atom. The van der Waals surface area contributed by atoms with Crippen molar-refractivity contribution in [2.24, 2.45) is 0 Å². The van der Waals surface area contributed by atoms with Gasteiger partial charge in [0, 0.05) is 17.3 Å². The molecule has 4 rings (SSSR count). The van der Waals surface area contributed by atoms with Crippen LogP contribution in [0.25, 0.3) is 16.8 Å². The molecule has 0 amide bonds. The zero-order valence-corrected chi connectivity index (χ0v) is 11.3. The van der Waals surface area contributed by atoms with Gasteiger partial charge in [-0.15, -0.1) is 0 Å². The highest BCUT2D eigenvalue weighted by atomic mass is 32.1. The van der Waals surface area contributed by atoms with Gasteiger partial charge < -0.3 is 5.11 Å². The number of pyridine rings is 1. The van der Waals surface area contributed by atoms with Crippen molar-refractivity contribution in [1.82, 2.24) is 14.0 Å². The van der Waals surface area contributed by atoms with Crippen LogP contribution in [0.15, 0.2) is 30.6 Å². The first-order chi connectivity index (χ1) is 9.75. The van der Waals surface area contributed by atoms with Crippen molar-refractivity contribution in [3.63, 3.8) is 0 Å². The Balaban J connectivity index is 1.98. The minimum atomic E-state index is -0.879. The average Bonchev–Trinajstić information content (AvgIpc) is 3.01. The number of carbonyl (C=O) groups is 1. The third kappa shape index (κ3) is 1.65. The highest BCUT2D eigenvalue weighted by Crippen LogP contribution is 2.47. The monoisotopic (exact) mass is 285 g/mol. The number of aromatic nitrogens is 3. The normalized spacial score (nSPS) is 14.8. The number of aromatic carboxylic acids is 1. The minimum absolute atomic E-state index is 0.345. The molecule has 5 nitrogen and oxygen atoms in total. The van der Waals surface area contributed by atoms with Crippen molar-refractivity contribution >= 4 is 23.0 Å². The lowest BCUT2D eigenvalue weighted by Crippen LogP contribution is -1.98. The summed E-state index contributed by atoms with van der Waals surface area (Å²) >= 11 is 1.08. The molecule has 20 heavy (non-hydrogen) atoms. The number of hydrogen-bond donors (Lipinski definition) is 1. The maximum atomic E-state index is 11.4. The van der Waals surface area contributed by atoms with E-state index < -0.39 is 5.97 Å². The first-order valence-electron chi connectivity index (χ1n) is 6.41. The third-order valence-electron chi connectivity index (χ3n) is 3.60. The molecule has 0 bridgehead atoms. The second-order valence-corrected chi connectivity index (χ2v) is 5.71. The van der Waals surface area contributed by atoms with E-state index >= 15 is 0 Å². The van der Waals surface area contributed by atoms with Crippen LogP contribution in [-0.2, 0) is 0 Å². The Labute approximate surface area is 118 Å². The molecule has 0 spiro atoms. The number of carboxylic acid groups (broad SMARTS) is 1. The fourth-order valence-corrected chi connectivity index (χ4v) is 3.37. The van der Waals surface area contributed by atoms with Crippen LogP contribution in [0.2, 0.25) is 0 Å². The molecule has 3 aromatic rings. The molecule has 0 aromatic carbocycles. The van der Waals surface area contributed by atoms with Gasteiger partial charge in [-0.1, -0.05) is 0 Å². The van der Waals surface area contributed by atoms with E-state index in [0.29, 0.717) is 10.8 Å². The van der Waals surface area contributed by atoms with Gasteiger partial charge in [-0.3, -0.25) is 0 Å². The molecule has 3 heterocycles. The minimum Gasteiger partial charge on any atom is -0.477 e. The van der Waals surface area contributed by atoms with Crippen molar-refractivity contribution in [2.45, 2.75) is 18.8 Å². The van der Waals surface area contributed by atoms with Crippen LogP contribution in [0.4, 0.5) is 0 Å². The molecular formula is C14H11N3O2S. The molecular weight excluding hydrogens is 274 g/mol. The number of hydrogen-bond acceptors (Lipinski definition) is 4.